The van der Waals surface area contributed by atoms with Crippen molar-refractivity contribution in [1.29, 1.82) is 0 Å². The number of carbonyl (C=O) groups is 1. The number of thiophene rings is 1. The summed E-state index contributed by atoms with van der Waals surface area (Å²) in [4.78, 5) is 16.2. The number of rotatable bonds is 5. The lowest BCUT2D eigenvalue weighted by Crippen LogP contribution is -2.50. The van der Waals surface area contributed by atoms with Crippen LogP contribution >= 0.6 is 11.3 Å². The number of carbonyl (C=O) groups excluding carboxylic acids is 1. The van der Waals surface area contributed by atoms with Gasteiger partial charge in [-0.2, -0.15) is 4.31 Å². The van der Waals surface area contributed by atoms with Gasteiger partial charge in [-0.15, -0.1) is 11.3 Å². The molecule has 0 saturated carbocycles. The molecule has 2 aromatic heterocycles. The standard InChI is InChI=1S/C22H23N3O5S2/c26-22(19-4-1-7-24(19)16-17-3-2-14-31-17)23-8-10-25(11-9-23)32(27,28)18-5-6-20-21(15-18)30-13-12-29-20/h1-7,14-15H,8-13,16H2. The first-order valence-electron chi connectivity index (χ1n) is 10.4. The molecule has 168 valence electrons. The van der Waals surface area contributed by atoms with E-state index < -0.39 is 10.0 Å². The molecule has 10 heteroatoms. The molecule has 8 nitrogen and oxygen atoms in total. The van der Waals surface area contributed by atoms with E-state index in [-0.39, 0.29) is 23.9 Å². The van der Waals surface area contributed by atoms with Gasteiger partial charge < -0.3 is 18.9 Å². The summed E-state index contributed by atoms with van der Waals surface area (Å²) < 4.78 is 40.6. The molecule has 0 atom stereocenters. The zero-order valence-electron chi connectivity index (χ0n) is 17.3. The summed E-state index contributed by atoms with van der Waals surface area (Å²) in [6.07, 6.45) is 1.90. The molecule has 2 aliphatic heterocycles. The third-order valence-electron chi connectivity index (χ3n) is 5.63. The second-order valence-corrected chi connectivity index (χ2v) is 10.6. The summed E-state index contributed by atoms with van der Waals surface area (Å²) >= 11 is 1.65. The topological polar surface area (TPSA) is 81.1 Å². The van der Waals surface area contributed by atoms with Crippen molar-refractivity contribution in [3.63, 3.8) is 0 Å². The van der Waals surface area contributed by atoms with Gasteiger partial charge >= 0.3 is 0 Å². The number of hydrogen-bond donors (Lipinski definition) is 0. The van der Waals surface area contributed by atoms with Gasteiger partial charge in [-0.1, -0.05) is 6.07 Å². The van der Waals surface area contributed by atoms with Crippen LogP contribution in [0.3, 0.4) is 0 Å². The van der Waals surface area contributed by atoms with Crippen molar-refractivity contribution < 1.29 is 22.7 Å². The Morgan fingerprint density at radius 1 is 0.969 bits per heavy atom. The Hall–Kier alpha value is -2.82. The smallest absolute Gasteiger partial charge is 0.270 e. The minimum atomic E-state index is -3.68. The first kappa shape index (κ1) is 21.0. The van der Waals surface area contributed by atoms with Crippen molar-refractivity contribution in [3.05, 3.63) is 64.6 Å². The van der Waals surface area contributed by atoms with Gasteiger partial charge in [0.1, 0.15) is 18.9 Å². The largest absolute Gasteiger partial charge is 0.486 e. The van der Waals surface area contributed by atoms with Crippen LogP contribution in [0.2, 0.25) is 0 Å². The molecule has 1 amide bonds. The van der Waals surface area contributed by atoms with Crippen LogP contribution in [0, 0.1) is 0 Å². The van der Waals surface area contributed by atoms with E-state index >= 15 is 0 Å². The lowest BCUT2D eigenvalue weighted by molar-refractivity contribution is 0.0687. The van der Waals surface area contributed by atoms with Crippen molar-refractivity contribution >= 4 is 27.3 Å². The van der Waals surface area contributed by atoms with E-state index in [1.807, 2.05) is 40.4 Å². The molecule has 0 bridgehead atoms. The van der Waals surface area contributed by atoms with Crippen molar-refractivity contribution in [1.82, 2.24) is 13.8 Å². The van der Waals surface area contributed by atoms with E-state index in [0.29, 0.717) is 50.0 Å². The van der Waals surface area contributed by atoms with Crippen LogP contribution in [0.4, 0.5) is 0 Å². The van der Waals surface area contributed by atoms with Crippen LogP contribution in [0.25, 0.3) is 0 Å². The minimum Gasteiger partial charge on any atom is -0.486 e. The molecule has 0 radical (unpaired) electrons. The fourth-order valence-electron chi connectivity index (χ4n) is 3.94. The zero-order valence-corrected chi connectivity index (χ0v) is 19.0. The number of fused-ring (bicyclic) bond motifs is 1. The van der Waals surface area contributed by atoms with Crippen molar-refractivity contribution in [3.8, 4) is 11.5 Å². The molecule has 4 heterocycles. The molecule has 1 aromatic carbocycles. The Kier molecular flexibility index (Phi) is 5.66. The molecule has 3 aromatic rings. The van der Waals surface area contributed by atoms with Crippen LogP contribution in [0.1, 0.15) is 15.4 Å². The number of piperazine rings is 1. The fraction of sp³-hybridized carbons (Fsp3) is 0.318. The maximum atomic E-state index is 13.1. The highest BCUT2D eigenvalue weighted by molar-refractivity contribution is 7.89. The Morgan fingerprint density at radius 2 is 1.75 bits per heavy atom. The third kappa shape index (κ3) is 4.01. The van der Waals surface area contributed by atoms with E-state index in [9.17, 15) is 13.2 Å². The Labute approximate surface area is 190 Å². The number of nitrogens with zero attached hydrogens (tertiary/aromatic N) is 3. The maximum absolute atomic E-state index is 13.1. The number of benzene rings is 1. The Bertz CT molecular complexity index is 1210. The van der Waals surface area contributed by atoms with Crippen molar-refractivity contribution in [2.75, 3.05) is 39.4 Å². The van der Waals surface area contributed by atoms with Gasteiger partial charge in [0.2, 0.25) is 10.0 Å². The highest BCUT2D eigenvalue weighted by Gasteiger charge is 2.32. The van der Waals surface area contributed by atoms with Gasteiger partial charge in [0.15, 0.2) is 11.5 Å². The van der Waals surface area contributed by atoms with E-state index in [1.165, 1.54) is 21.3 Å². The molecule has 0 spiro atoms. The second kappa shape index (κ2) is 8.61. The van der Waals surface area contributed by atoms with Gasteiger partial charge in [-0.3, -0.25) is 4.79 Å². The molecule has 0 aliphatic carbocycles. The van der Waals surface area contributed by atoms with Crippen LogP contribution in [0.15, 0.2) is 58.9 Å². The normalized spacial score (nSPS) is 16.8. The summed E-state index contributed by atoms with van der Waals surface area (Å²) in [5.74, 6) is 0.914. The Morgan fingerprint density at radius 3 is 2.50 bits per heavy atom. The molecule has 0 unspecified atom stereocenters. The van der Waals surface area contributed by atoms with Crippen LogP contribution < -0.4 is 9.47 Å². The van der Waals surface area contributed by atoms with Crippen LogP contribution in [-0.4, -0.2) is 67.5 Å². The van der Waals surface area contributed by atoms with Crippen LogP contribution in [0.5, 0.6) is 11.5 Å². The predicted octanol–water partition coefficient (Wildman–Crippen LogP) is 2.52. The number of amides is 1. The van der Waals surface area contributed by atoms with Gasteiger partial charge in [0.25, 0.3) is 5.91 Å². The number of sulfonamides is 1. The van der Waals surface area contributed by atoms with Gasteiger partial charge in [0.05, 0.1) is 11.4 Å². The highest BCUT2D eigenvalue weighted by Crippen LogP contribution is 2.33. The summed E-state index contributed by atoms with van der Waals surface area (Å²) in [6, 6.07) is 12.4. The highest BCUT2D eigenvalue weighted by atomic mass is 32.2. The molecule has 2 aliphatic rings. The number of ether oxygens (including phenoxy) is 2. The average molecular weight is 474 g/mol. The molecule has 0 N–H and O–H groups in total. The number of hydrogen-bond acceptors (Lipinski definition) is 6. The minimum absolute atomic E-state index is 0.0806. The molecule has 5 rings (SSSR count). The molecule has 32 heavy (non-hydrogen) atoms. The fourth-order valence-corrected chi connectivity index (χ4v) is 6.08. The average Bonchev–Trinajstić information content (AvgIpc) is 3.51. The van der Waals surface area contributed by atoms with Crippen LogP contribution in [-0.2, 0) is 16.6 Å². The monoisotopic (exact) mass is 473 g/mol. The van der Waals surface area contributed by atoms with Crippen molar-refractivity contribution in [2.24, 2.45) is 0 Å². The molecule has 1 saturated heterocycles. The Balaban J connectivity index is 1.26. The van der Waals surface area contributed by atoms with E-state index in [4.69, 9.17) is 9.47 Å². The molecule has 1 fully saturated rings. The first-order valence-corrected chi connectivity index (χ1v) is 12.7. The quantitative estimate of drug-likeness (QED) is 0.569. The molecular formula is C22H23N3O5S2. The number of aromatic nitrogens is 1. The molecular weight excluding hydrogens is 450 g/mol. The van der Waals surface area contributed by atoms with E-state index in [1.54, 1.807) is 22.3 Å². The van der Waals surface area contributed by atoms with Gasteiger partial charge in [-0.25, -0.2) is 8.42 Å². The van der Waals surface area contributed by atoms with Crippen molar-refractivity contribution in [2.45, 2.75) is 11.4 Å². The second-order valence-electron chi connectivity index (χ2n) is 7.60. The lowest BCUT2D eigenvalue weighted by Gasteiger charge is -2.34. The maximum Gasteiger partial charge on any atom is 0.270 e. The predicted molar refractivity (Wildman–Crippen MR) is 120 cm³/mol. The third-order valence-corrected chi connectivity index (χ3v) is 8.39. The summed E-state index contributed by atoms with van der Waals surface area (Å²) in [7, 11) is -3.68. The SMILES string of the molecule is O=C(c1cccn1Cc1cccs1)N1CCN(S(=O)(=O)c2ccc3c(c2)OCCO3)CC1. The summed E-state index contributed by atoms with van der Waals surface area (Å²) in [5, 5.41) is 2.02. The van der Waals surface area contributed by atoms with E-state index in [0.717, 1.165) is 0 Å². The summed E-state index contributed by atoms with van der Waals surface area (Å²) in [5.41, 5.74) is 0.613. The van der Waals surface area contributed by atoms with Gasteiger partial charge in [0, 0.05) is 43.3 Å². The van der Waals surface area contributed by atoms with Gasteiger partial charge in [-0.05, 0) is 35.7 Å². The summed E-state index contributed by atoms with van der Waals surface area (Å²) in [6.45, 7) is 2.66. The first-order chi connectivity index (χ1) is 15.5. The lowest BCUT2D eigenvalue weighted by atomic mass is 10.3. The zero-order chi connectivity index (χ0) is 22.1. The van der Waals surface area contributed by atoms with E-state index in [2.05, 4.69) is 0 Å².